The molecule has 0 radical (unpaired) electrons. The van der Waals surface area contributed by atoms with Gasteiger partial charge in [0.1, 0.15) is 18.1 Å². The van der Waals surface area contributed by atoms with Crippen molar-refractivity contribution in [2.75, 3.05) is 25.0 Å². The second kappa shape index (κ2) is 10.2. The molecule has 31 heavy (non-hydrogen) atoms. The first-order chi connectivity index (χ1) is 15.2. The molecule has 0 amide bonds. The highest BCUT2D eigenvalue weighted by atomic mass is 32.1. The monoisotopic (exact) mass is 434 g/mol. The highest BCUT2D eigenvalue weighted by molar-refractivity contribution is 7.80. The van der Waals surface area contributed by atoms with Crippen LogP contribution in [0.25, 0.3) is 0 Å². The smallest absolute Gasteiger partial charge is 0.173 e. The number of nitrogens with zero attached hydrogens (tertiary/aromatic N) is 1. The lowest BCUT2D eigenvalue weighted by molar-refractivity contribution is 0.0746. The van der Waals surface area contributed by atoms with Crippen molar-refractivity contribution in [1.29, 1.82) is 0 Å². The van der Waals surface area contributed by atoms with Gasteiger partial charge in [0.15, 0.2) is 22.7 Å². The average Bonchev–Trinajstić information content (AvgIpc) is 2.81. The molecule has 4 rings (SSSR count). The van der Waals surface area contributed by atoms with Gasteiger partial charge in [-0.25, -0.2) is 0 Å². The fourth-order valence-corrected chi connectivity index (χ4v) is 3.66. The summed E-state index contributed by atoms with van der Waals surface area (Å²) in [6, 6.07) is 25.3. The van der Waals surface area contributed by atoms with Crippen molar-refractivity contribution in [2.24, 2.45) is 0 Å². The highest BCUT2D eigenvalue weighted by Crippen LogP contribution is 2.31. The second-order valence-corrected chi connectivity index (χ2v) is 7.70. The molecule has 0 unspecified atom stereocenters. The topological polar surface area (TPSA) is 43.0 Å². The SMILES string of the molecule is CCCN(C[C@H]1COc2ccccc2O1)C(=S)Nc1ccc(Oc2ccccc2)cc1. The van der Waals surface area contributed by atoms with Gasteiger partial charge in [-0.2, -0.15) is 0 Å². The number of anilines is 1. The van der Waals surface area contributed by atoms with E-state index in [1.807, 2.05) is 78.9 Å². The Labute approximate surface area is 188 Å². The van der Waals surface area contributed by atoms with Crippen LogP contribution < -0.4 is 19.5 Å². The molecule has 1 N–H and O–H groups in total. The van der Waals surface area contributed by atoms with Gasteiger partial charge in [0.2, 0.25) is 0 Å². The number of fused-ring (bicyclic) bond motifs is 1. The second-order valence-electron chi connectivity index (χ2n) is 7.31. The number of hydrogen-bond acceptors (Lipinski definition) is 4. The molecule has 0 fully saturated rings. The highest BCUT2D eigenvalue weighted by Gasteiger charge is 2.24. The Balaban J connectivity index is 1.35. The molecule has 0 bridgehead atoms. The molecule has 0 saturated carbocycles. The fourth-order valence-electron chi connectivity index (χ4n) is 3.38. The minimum absolute atomic E-state index is 0.0807. The summed E-state index contributed by atoms with van der Waals surface area (Å²) in [5.74, 6) is 3.16. The zero-order chi connectivity index (χ0) is 21.5. The van der Waals surface area contributed by atoms with Gasteiger partial charge in [-0.05, 0) is 67.2 Å². The number of nitrogens with one attached hydrogen (secondary N) is 1. The van der Waals surface area contributed by atoms with E-state index in [1.165, 1.54) is 0 Å². The minimum Gasteiger partial charge on any atom is -0.486 e. The summed E-state index contributed by atoms with van der Waals surface area (Å²) in [7, 11) is 0. The lowest BCUT2D eigenvalue weighted by Crippen LogP contribution is -2.45. The van der Waals surface area contributed by atoms with Gasteiger partial charge in [-0.15, -0.1) is 0 Å². The van der Waals surface area contributed by atoms with Gasteiger partial charge in [-0.3, -0.25) is 0 Å². The van der Waals surface area contributed by atoms with Gasteiger partial charge in [0.05, 0.1) is 6.54 Å². The summed E-state index contributed by atoms with van der Waals surface area (Å²) in [6.07, 6.45) is 0.901. The van der Waals surface area contributed by atoms with Gasteiger partial charge >= 0.3 is 0 Å². The van der Waals surface area contributed by atoms with Gasteiger partial charge in [0.25, 0.3) is 0 Å². The first-order valence-corrected chi connectivity index (χ1v) is 10.9. The van der Waals surface area contributed by atoms with Crippen molar-refractivity contribution in [3.63, 3.8) is 0 Å². The summed E-state index contributed by atoms with van der Waals surface area (Å²) < 4.78 is 17.8. The molecule has 0 saturated heterocycles. The average molecular weight is 435 g/mol. The normalized spacial score (nSPS) is 14.5. The Hall–Kier alpha value is -3.25. The zero-order valence-electron chi connectivity index (χ0n) is 17.5. The number of thiocarbonyl (C=S) groups is 1. The van der Waals surface area contributed by atoms with Crippen LogP contribution in [0.4, 0.5) is 5.69 Å². The Morgan fingerprint density at radius 1 is 0.968 bits per heavy atom. The van der Waals surface area contributed by atoms with Crippen molar-refractivity contribution in [3.8, 4) is 23.0 Å². The molecule has 0 spiro atoms. The molecule has 1 heterocycles. The summed E-state index contributed by atoms with van der Waals surface area (Å²) >= 11 is 5.69. The van der Waals surface area contributed by atoms with Crippen LogP contribution in [0.2, 0.25) is 0 Å². The summed E-state index contributed by atoms with van der Waals surface area (Å²) in [5.41, 5.74) is 0.915. The molecule has 6 heteroatoms. The lowest BCUT2D eigenvalue weighted by atomic mass is 10.2. The molecule has 160 valence electrons. The van der Waals surface area contributed by atoms with E-state index in [1.54, 1.807) is 0 Å². The van der Waals surface area contributed by atoms with E-state index in [9.17, 15) is 0 Å². The van der Waals surface area contributed by atoms with Crippen molar-refractivity contribution in [1.82, 2.24) is 4.90 Å². The summed E-state index contributed by atoms with van der Waals surface area (Å²) in [5, 5.41) is 4.00. The van der Waals surface area contributed by atoms with Crippen LogP contribution >= 0.6 is 12.2 Å². The molecule has 0 aromatic heterocycles. The molecule has 1 atom stereocenters. The van der Waals surface area contributed by atoms with Crippen LogP contribution in [-0.2, 0) is 0 Å². The standard InChI is InChI=1S/C25H26N2O3S/c1-2-16-27(17-22-18-28-23-10-6-7-11-24(23)30-22)25(31)26-19-12-14-21(15-13-19)29-20-8-4-3-5-9-20/h3-15,22H,2,16-18H2,1H3,(H,26,31)/t22-/m0/s1. The lowest BCUT2D eigenvalue weighted by Gasteiger charge is -2.32. The van der Waals surface area contributed by atoms with E-state index in [0.717, 1.165) is 41.7 Å². The van der Waals surface area contributed by atoms with E-state index in [-0.39, 0.29) is 6.10 Å². The number of rotatable bonds is 7. The van der Waals surface area contributed by atoms with Crippen LogP contribution in [0.5, 0.6) is 23.0 Å². The van der Waals surface area contributed by atoms with E-state index >= 15 is 0 Å². The largest absolute Gasteiger partial charge is 0.486 e. The molecule has 5 nitrogen and oxygen atoms in total. The Morgan fingerprint density at radius 2 is 1.65 bits per heavy atom. The molecule has 0 aliphatic carbocycles. The number of ether oxygens (including phenoxy) is 3. The predicted octanol–water partition coefficient (Wildman–Crippen LogP) is 5.73. The van der Waals surface area contributed by atoms with Crippen molar-refractivity contribution >= 4 is 23.0 Å². The van der Waals surface area contributed by atoms with Crippen LogP contribution in [0.15, 0.2) is 78.9 Å². The number of para-hydroxylation sites is 3. The number of benzene rings is 3. The maximum Gasteiger partial charge on any atom is 0.173 e. The minimum atomic E-state index is -0.0807. The molecule has 1 aliphatic heterocycles. The Kier molecular flexibility index (Phi) is 6.89. The quantitative estimate of drug-likeness (QED) is 0.479. The van der Waals surface area contributed by atoms with Crippen LogP contribution in [0.3, 0.4) is 0 Å². The maximum atomic E-state index is 6.11. The molecular formula is C25H26N2O3S. The molecule has 3 aromatic rings. The first-order valence-electron chi connectivity index (χ1n) is 10.5. The zero-order valence-corrected chi connectivity index (χ0v) is 18.3. The third-order valence-corrected chi connectivity index (χ3v) is 5.22. The van der Waals surface area contributed by atoms with Crippen LogP contribution in [0.1, 0.15) is 13.3 Å². The van der Waals surface area contributed by atoms with E-state index in [4.69, 9.17) is 26.4 Å². The first kappa shape index (κ1) is 21.0. The van der Waals surface area contributed by atoms with Crippen LogP contribution in [-0.4, -0.2) is 35.8 Å². The van der Waals surface area contributed by atoms with Gasteiger partial charge < -0.3 is 24.4 Å². The van der Waals surface area contributed by atoms with Gasteiger partial charge in [-0.1, -0.05) is 37.3 Å². The summed E-state index contributed by atoms with van der Waals surface area (Å²) in [6.45, 7) is 4.13. The van der Waals surface area contributed by atoms with Crippen molar-refractivity contribution in [3.05, 3.63) is 78.9 Å². The molecular weight excluding hydrogens is 408 g/mol. The Bertz CT molecular complexity index is 995. The molecule has 1 aliphatic rings. The third kappa shape index (κ3) is 5.67. The van der Waals surface area contributed by atoms with Gasteiger partial charge in [0, 0.05) is 12.2 Å². The Morgan fingerprint density at radius 3 is 2.39 bits per heavy atom. The fraction of sp³-hybridized carbons (Fsp3) is 0.240. The van der Waals surface area contributed by atoms with E-state index in [0.29, 0.717) is 18.3 Å². The summed E-state index contributed by atoms with van der Waals surface area (Å²) in [4.78, 5) is 2.13. The molecule has 3 aromatic carbocycles. The van der Waals surface area contributed by atoms with Crippen molar-refractivity contribution in [2.45, 2.75) is 19.4 Å². The van der Waals surface area contributed by atoms with Crippen molar-refractivity contribution < 1.29 is 14.2 Å². The predicted molar refractivity (Wildman–Crippen MR) is 127 cm³/mol. The van der Waals surface area contributed by atoms with Crippen LogP contribution in [0, 0.1) is 0 Å². The maximum absolute atomic E-state index is 6.11. The number of hydrogen-bond donors (Lipinski definition) is 1. The van der Waals surface area contributed by atoms with E-state index in [2.05, 4.69) is 17.1 Å². The van der Waals surface area contributed by atoms with E-state index < -0.39 is 0 Å². The third-order valence-electron chi connectivity index (χ3n) is 4.86.